The minimum absolute atomic E-state index is 0.160. The van der Waals surface area contributed by atoms with E-state index in [-0.39, 0.29) is 6.42 Å². The van der Waals surface area contributed by atoms with E-state index in [2.05, 4.69) is 0 Å². The van der Waals surface area contributed by atoms with E-state index < -0.39 is 5.60 Å². The Morgan fingerprint density at radius 2 is 2.33 bits per heavy atom. The van der Waals surface area contributed by atoms with Crippen molar-refractivity contribution in [3.63, 3.8) is 0 Å². The summed E-state index contributed by atoms with van der Waals surface area (Å²) in [5.74, 6) is 0. The first-order valence-corrected chi connectivity index (χ1v) is 4.61. The zero-order valence-electron chi connectivity index (χ0n) is 7.20. The highest BCUT2D eigenvalue weighted by Gasteiger charge is 2.23. The van der Waals surface area contributed by atoms with Crippen LogP contribution in [0, 0.1) is 6.92 Å². The summed E-state index contributed by atoms with van der Waals surface area (Å²) in [6.45, 7) is 3.64. The van der Waals surface area contributed by atoms with Crippen LogP contribution >= 0.6 is 11.3 Å². The fraction of sp³-hybridized carbons (Fsp3) is 0.444. The molecular weight excluding hydrogens is 172 g/mol. The molecule has 0 aliphatic carbocycles. The predicted molar refractivity (Wildman–Crippen MR) is 49.3 cm³/mol. The van der Waals surface area contributed by atoms with E-state index in [4.69, 9.17) is 0 Å². The summed E-state index contributed by atoms with van der Waals surface area (Å²) in [5.41, 5.74) is -0.985. The van der Waals surface area contributed by atoms with Crippen LogP contribution in [0.25, 0.3) is 0 Å². The number of aldehydes is 1. The van der Waals surface area contributed by atoms with Crippen molar-refractivity contribution in [1.82, 2.24) is 0 Å². The number of rotatable bonds is 3. The van der Waals surface area contributed by atoms with E-state index in [9.17, 15) is 9.90 Å². The summed E-state index contributed by atoms with van der Waals surface area (Å²) in [6, 6.07) is 3.81. The molecule has 1 N–H and O–H groups in total. The topological polar surface area (TPSA) is 37.3 Å². The van der Waals surface area contributed by atoms with Gasteiger partial charge in [0, 0.05) is 16.2 Å². The largest absolute Gasteiger partial charge is 0.384 e. The second kappa shape index (κ2) is 3.37. The fourth-order valence-corrected chi connectivity index (χ4v) is 1.91. The molecule has 0 bridgehead atoms. The Hall–Kier alpha value is -0.670. The lowest BCUT2D eigenvalue weighted by Gasteiger charge is -2.17. The standard InChI is InChI=1S/C9H12O2S/c1-7-3-4-8(12-7)9(2,11)5-6-10/h3-4,6,11H,5H2,1-2H3. The molecule has 0 amide bonds. The number of thiophene rings is 1. The minimum atomic E-state index is -0.985. The van der Waals surface area contributed by atoms with Gasteiger partial charge in [-0.05, 0) is 26.0 Å². The number of carbonyl (C=O) groups is 1. The normalized spacial score (nSPS) is 15.6. The van der Waals surface area contributed by atoms with Crippen LogP contribution in [-0.4, -0.2) is 11.4 Å². The van der Waals surface area contributed by atoms with Gasteiger partial charge >= 0.3 is 0 Å². The Morgan fingerprint density at radius 3 is 2.75 bits per heavy atom. The highest BCUT2D eigenvalue weighted by molar-refractivity contribution is 7.12. The Bertz CT molecular complexity index is 276. The summed E-state index contributed by atoms with van der Waals surface area (Å²) in [4.78, 5) is 12.2. The highest BCUT2D eigenvalue weighted by atomic mass is 32.1. The smallest absolute Gasteiger partial charge is 0.123 e. The van der Waals surface area contributed by atoms with Gasteiger partial charge in [0.1, 0.15) is 11.9 Å². The Morgan fingerprint density at radius 1 is 1.67 bits per heavy atom. The van der Waals surface area contributed by atoms with Gasteiger partial charge in [0.15, 0.2) is 0 Å². The number of carbonyl (C=O) groups excluding carboxylic acids is 1. The van der Waals surface area contributed by atoms with Gasteiger partial charge in [-0.2, -0.15) is 0 Å². The van der Waals surface area contributed by atoms with Crippen LogP contribution in [0.1, 0.15) is 23.1 Å². The summed E-state index contributed by atoms with van der Waals surface area (Å²) < 4.78 is 0. The number of aryl methyl sites for hydroxylation is 1. The summed E-state index contributed by atoms with van der Waals surface area (Å²) in [5, 5.41) is 9.78. The first-order valence-electron chi connectivity index (χ1n) is 3.79. The van der Waals surface area contributed by atoms with Gasteiger partial charge in [0.2, 0.25) is 0 Å². The van der Waals surface area contributed by atoms with Gasteiger partial charge in [0.25, 0.3) is 0 Å². The monoisotopic (exact) mass is 184 g/mol. The molecule has 0 radical (unpaired) electrons. The molecule has 1 rings (SSSR count). The third-order valence-corrected chi connectivity index (χ3v) is 3.01. The molecule has 0 spiro atoms. The van der Waals surface area contributed by atoms with Gasteiger partial charge in [-0.15, -0.1) is 11.3 Å². The first kappa shape index (κ1) is 9.42. The average molecular weight is 184 g/mol. The molecule has 1 unspecified atom stereocenters. The zero-order chi connectivity index (χ0) is 9.19. The van der Waals surface area contributed by atoms with Crippen LogP contribution in [0.4, 0.5) is 0 Å². The molecule has 0 fully saturated rings. The maximum Gasteiger partial charge on any atom is 0.123 e. The number of hydrogen-bond donors (Lipinski definition) is 1. The van der Waals surface area contributed by atoms with Gasteiger partial charge < -0.3 is 9.90 Å². The molecule has 3 heteroatoms. The van der Waals surface area contributed by atoms with Crippen molar-refractivity contribution in [3.05, 3.63) is 21.9 Å². The van der Waals surface area contributed by atoms with Crippen LogP contribution in [-0.2, 0) is 10.4 Å². The molecule has 1 atom stereocenters. The summed E-state index contributed by atoms with van der Waals surface area (Å²) in [6.07, 6.45) is 0.905. The molecule has 0 aliphatic rings. The van der Waals surface area contributed by atoms with Crippen LogP contribution in [0.3, 0.4) is 0 Å². The molecule has 1 aromatic rings. The lowest BCUT2D eigenvalue weighted by Crippen LogP contribution is -2.19. The van der Waals surface area contributed by atoms with Crippen molar-refractivity contribution in [2.45, 2.75) is 25.9 Å². The molecule has 2 nitrogen and oxygen atoms in total. The second-order valence-electron chi connectivity index (χ2n) is 3.05. The van der Waals surface area contributed by atoms with E-state index in [0.29, 0.717) is 0 Å². The second-order valence-corrected chi connectivity index (χ2v) is 4.34. The van der Waals surface area contributed by atoms with Crippen molar-refractivity contribution < 1.29 is 9.90 Å². The number of aliphatic hydroxyl groups is 1. The van der Waals surface area contributed by atoms with Crippen LogP contribution in [0.5, 0.6) is 0 Å². The molecule has 66 valence electrons. The van der Waals surface area contributed by atoms with Gasteiger partial charge in [-0.25, -0.2) is 0 Å². The Balaban J connectivity index is 2.88. The zero-order valence-corrected chi connectivity index (χ0v) is 8.02. The molecule has 0 aliphatic heterocycles. The lowest BCUT2D eigenvalue weighted by atomic mass is 10.0. The third-order valence-electron chi connectivity index (χ3n) is 1.75. The van der Waals surface area contributed by atoms with Crippen molar-refractivity contribution in [2.75, 3.05) is 0 Å². The van der Waals surface area contributed by atoms with E-state index in [1.165, 1.54) is 11.3 Å². The van der Waals surface area contributed by atoms with Crippen LogP contribution in [0.15, 0.2) is 12.1 Å². The van der Waals surface area contributed by atoms with Crippen LogP contribution < -0.4 is 0 Å². The SMILES string of the molecule is Cc1ccc(C(C)(O)CC=O)s1. The summed E-state index contributed by atoms with van der Waals surface area (Å²) in [7, 11) is 0. The maximum absolute atomic E-state index is 10.2. The molecule has 0 saturated heterocycles. The van der Waals surface area contributed by atoms with Crippen molar-refractivity contribution in [1.29, 1.82) is 0 Å². The van der Waals surface area contributed by atoms with E-state index in [0.717, 1.165) is 16.0 Å². The van der Waals surface area contributed by atoms with Gasteiger partial charge in [-0.1, -0.05) is 0 Å². The molecule has 1 aromatic heterocycles. The quantitative estimate of drug-likeness (QED) is 0.728. The van der Waals surface area contributed by atoms with E-state index in [1.807, 2.05) is 19.1 Å². The minimum Gasteiger partial charge on any atom is -0.384 e. The van der Waals surface area contributed by atoms with E-state index in [1.54, 1.807) is 6.92 Å². The Kier molecular flexibility index (Phi) is 2.65. The predicted octanol–water partition coefficient (Wildman–Crippen LogP) is 1.85. The molecule has 12 heavy (non-hydrogen) atoms. The average Bonchev–Trinajstić information content (AvgIpc) is 2.36. The van der Waals surface area contributed by atoms with Crippen molar-refractivity contribution in [2.24, 2.45) is 0 Å². The number of hydrogen-bond acceptors (Lipinski definition) is 3. The molecule has 1 heterocycles. The first-order chi connectivity index (χ1) is 5.56. The lowest BCUT2D eigenvalue weighted by molar-refractivity contribution is -0.111. The molecule has 0 aromatic carbocycles. The van der Waals surface area contributed by atoms with Crippen LogP contribution in [0.2, 0.25) is 0 Å². The third kappa shape index (κ3) is 1.93. The van der Waals surface area contributed by atoms with Gasteiger partial charge in [0.05, 0.1) is 0 Å². The van der Waals surface area contributed by atoms with Gasteiger partial charge in [-0.3, -0.25) is 0 Å². The molecule has 0 saturated carbocycles. The maximum atomic E-state index is 10.2. The van der Waals surface area contributed by atoms with Crippen molar-refractivity contribution >= 4 is 17.6 Å². The van der Waals surface area contributed by atoms with Crippen molar-refractivity contribution in [3.8, 4) is 0 Å². The molecular formula is C9H12O2S. The fourth-order valence-electron chi connectivity index (χ4n) is 0.987. The highest BCUT2D eigenvalue weighted by Crippen LogP contribution is 2.29. The summed E-state index contributed by atoms with van der Waals surface area (Å²) >= 11 is 1.53. The van der Waals surface area contributed by atoms with E-state index >= 15 is 0 Å². The Labute approximate surface area is 75.9 Å².